The van der Waals surface area contributed by atoms with Gasteiger partial charge in [0.25, 0.3) is 5.69 Å². The number of unbranched alkanes of at least 4 members (excludes halogenated alkanes) is 5. The van der Waals surface area contributed by atoms with Gasteiger partial charge >= 0.3 is 0 Å². The molecule has 0 aliphatic rings. The van der Waals surface area contributed by atoms with E-state index in [-0.39, 0.29) is 22.7 Å². The van der Waals surface area contributed by atoms with Gasteiger partial charge < -0.3 is 10.2 Å². The van der Waals surface area contributed by atoms with Crippen molar-refractivity contribution in [3.63, 3.8) is 0 Å². The van der Waals surface area contributed by atoms with Crippen LogP contribution < -0.4 is 0 Å². The molecule has 106 valence electrons. The van der Waals surface area contributed by atoms with Gasteiger partial charge in [0.15, 0.2) is 11.5 Å². The standard InChI is InChI=1S/C14H21NO4/c1-2-3-4-5-6-7-8-11-12(15(18)19)9-10-13(16)14(11)17/h9-10,16-17H,2-8H2,1H3. The van der Waals surface area contributed by atoms with Crippen LogP contribution in [-0.2, 0) is 6.42 Å². The van der Waals surface area contributed by atoms with Crippen molar-refractivity contribution in [2.24, 2.45) is 0 Å². The molecule has 0 saturated heterocycles. The van der Waals surface area contributed by atoms with Crippen LogP contribution in [0.2, 0.25) is 0 Å². The normalized spacial score (nSPS) is 10.6. The second-order valence-corrected chi connectivity index (χ2v) is 4.71. The minimum absolute atomic E-state index is 0.121. The van der Waals surface area contributed by atoms with Crippen LogP contribution in [0.5, 0.6) is 11.5 Å². The Morgan fingerprint density at radius 1 is 1.11 bits per heavy atom. The van der Waals surface area contributed by atoms with Gasteiger partial charge in [-0.2, -0.15) is 0 Å². The lowest BCUT2D eigenvalue weighted by Crippen LogP contribution is -1.96. The van der Waals surface area contributed by atoms with E-state index in [2.05, 4.69) is 6.92 Å². The molecule has 0 unspecified atom stereocenters. The molecule has 0 heterocycles. The van der Waals surface area contributed by atoms with Crippen molar-refractivity contribution in [1.29, 1.82) is 0 Å². The summed E-state index contributed by atoms with van der Waals surface area (Å²) < 4.78 is 0. The van der Waals surface area contributed by atoms with E-state index in [1.807, 2.05) is 0 Å². The van der Waals surface area contributed by atoms with E-state index in [0.717, 1.165) is 25.3 Å². The van der Waals surface area contributed by atoms with E-state index in [4.69, 9.17) is 0 Å². The summed E-state index contributed by atoms with van der Waals surface area (Å²) in [5, 5.41) is 30.0. The summed E-state index contributed by atoms with van der Waals surface area (Å²) >= 11 is 0. The number of rotatable bonds is 8. The fraction of sp³-hybridized carbons (Fsp3) is 0.571. The van der Waals surface area contributed by atoms with Gasteiger partial charge in [-0.05, 0) is 18.9 Å². The molecule has 1 aromatic carbocycles. The molecule has 5 heteroatoms. The van der Waals surface area contributed by atoms with E-state index in [1.54, 1.807) is 0 Å². The van der Waals surface area contributed by atoms with E-state index in [1.165, 1.54) is 25.3 Å². The number of hydrogen-bond acceptors (Lipinski definition) is 4. The summed E-state index contributed by atoms with van der Waals surface area (Å²) in [6.07, 6.45) is 6.83. The zero-order valence-electron chi connectivity index (χ0n) is 11.3. The molecule has 0 fully saturated rings. The predicted octanol–water partition coefficient (Wildman–Crippen LogP) is 3.91. The number of nitrogens with zero attached hydrogens (tertiary/aromatic N) is 1. The maximum Gasteiger partial charge on any atom is 0.276 e. The molecule has 0 aliphatic heterocycles. The van der Waals surface area contributed by atoms with Gasteiger partial charge in [-0.3, -0.25) is 10.1 Å². The number of nitro benzene ring substituents is 1. The molecule has 1 aromatic rings. The Morgan fingerprint density at radius 2 is 1.74 bits per heavy atom. The topological polar surface area (TPSA) is 83.6 Å². The number of hydrogen-bond donors (Lipinski definition) is 2. The summed E-state index contributed by atoms with van der Waals surface area (Å²) in [5.41, 5.74) is 0.115. The highest BCUT2D eigenvalue weighted by atomic mass is 16.6. The van der Waals surface area contributed by atoms with Gasteiger partial charge in [-0.25, -0.2) is 0 Å². The number of benzene rings is 1. The number of nitro groups is 1. The van der Waals surface area contributed by atoms with Crippen molar-refractivity contribution in [1.82, 2.24) is 0 Å². The molecule has 5 nitrogen and oxygen atoms in total. The Balaban J connectivity index is 2.61. The van der Waals surface area contributed by atoms with Gasteiger partial charge in [0.05, 0.1) is 10.5 Å². The molecule has 2 N–H and O–H groups in total. The van der Waals surface area contributed by atoms with Crippen LogP contribution in [0.15, 0.2) is 12.1 Å². The van der Waals surface area contributed by atoms with E-state index in [9.17, 15) is 20.3 Å². The zero-order valence-corrected chi connectivity index (χ0v) is 11.3. The molecule has 0 saturated carbocycles. The van der Waals surface area contributed by atoms with Crippen molar-refractivity contribution in [3.8, 4) is 11.5 Å². The highest BCUT2D eigenvalue weighted by Crippen LogP contribution is 2.36. The lowest BCUT2D eigenvalue weighted by Gasteiger charge is -2.07. The molecule has 0 aliphatic carbocycles. The molecular formula is C14H21NO4. The first-order valence-electron chi connectivity index (χ1n) is 6.76. The van der Waals surface area contributed by atoms with Gasteiger partial charge in [-0.15, -0.1) is 0 Å². The maximum atomic E-state index is 10.9. The largest absolute Gasteiger partial charge is 0.504 e. The third kappa shape index (κ3) is 4.43. The number of aromatic hydroxyl groups is 2. The lowest BCUT2D eigenvalue weighted by molar-refractivity contribution is -0.385. The van der Waals surface area contributed by atoms with Crippen molar-refractivity contribution in [2.75, 3.05) is 0 Å². The minimum atomic E-state index is -0.522. The summed E-state index contributed by atoms with van der Waals surface area (Å²) in [4.78, 5) is 10.3. The van der Waals surface area contributed by atoms with Crippen LogP contribution in [0.4, 0.5) is 5.69 Å². The molecule has 19 heavy (non-hydrogen) atoms. The fourth-order valence-corrected chi connectivity index (χ4v) is 2.11. The first-order chi connectivity index (χ1) is 9.07. The van der Waals surface area contributed by atoms with Crippen molar-refractivity contribution < 1.29 is 15.1 Å². The molecular weight excluding hydrogens is 246 g/mol. The Bertz CT molecular complexity index is 432. The maximum absolute atomic E-state index is 10.9. The van der Waals surface area contributed by atoms with Gasteiger partial charge in [0, 0.05) is 6.07 Å². The Morgan fingerprint density at radius 3 is 2.37 bits per heavy atom. The van der Waals surface area contributed by atoms with Crippen molar-refractivity contribution in [3.05, 3.63) is 27.8 Å². The SMILES string of the molecule is CCCCCCCCc1c([N+](=O)[O-])ccc(O)c1O. The number of phenols is 2. The smallest absolute Gasteiger partial charge is 0.276 e. The molecule has 0 radical (unpaired) electrons. The fourth-order valence-electron chi connectivity index (χ4n) is 2.11. The molecule has 0 aromatic heterocycles. The lowest BCUT2D eigenvalue weighted by atomic mass is 10.0. The Kier molecular flexibility index (Phi) is 6.12. The quantitative estimate of drug-likeness (QED) is 0.324. The highest BCUT2D eigenvalue weighted by Gasteiger charge is 2.19. The van der Waals surface area contributed by atoms with E-state index < -0.39 is 4.92 Å². The predicted molar refractivity (Wildman–Crippen MR) is 73.5 cm³/mol. The van der Waals surface area contributed by atoms with Gasteiger partial charge in [0.1, 0.15) is 0 Å². The summed E-state index contributed by atoms with van der Waals surface area (Å²) in [6, 6.07) is 2.39. The molecule has 0 amide bonds. The number of phenolic OH excluding ortho intramolecular Hbond substituents is 2. The third-order valence-electron chi connectivity index (χ3n) is 3.21. The monoisotopic (exact) mass is 267 g/mol. The first kappa shape index (κ1) is 15.3. The second-order valence-electron chi connectivity index (χ2n) is 4.71. The van der Waals surface area contributed by atoms with E-state index >= 15 is 0 Å². The molecule has 1 rings (SSSR count). The van der Waals surface area contributed by atoms with Gasteiger partial charge in [-0.1, -0.05) is 39.0 Å². The van der Waals surface area contributed by atoms with Crippen LogP contribution in [0.25, 0.3) is 0 Å². The summed E-state index contributed by atoms with van der Waals surface area (Å²) in [6.45, 7) is 2.15. The molecule has 0 spiro atoms. The molecule has 0 atom stereocenters. The van der Waals surface area contributed by atoms with Crippen LogP contribution in [0.3, 0.4) is 0 Å². The van der Waals surface area contributed by atoms with Crippen LogP contribution in [0.1, 0.15) is 51.0 Å². The minimum Gasteiger partial charge on any atom is -0.504 e. The molecule has 0 bridgehead atoms. The van der Waals surface area contributed by atoms with Crippen LogP contribution in [-0.4, -0.2) is 15.1 Å². The Labute approximate surface area is 113 Å². The zero-order chi connectivity index (χ0) is 14.3. The van der Waals surface area contributed by atoms with Crippen molar-refractivity contribution in [2.45, 2.75) is 51.9 Å². The third-order valence-corrected chi connectivity index (χ3v) is 3.21. The van der Waals surface area contributed by atoms with E-state index in [0.29, 0.717) is 6.42 Å². The summed E-state index contributed by atoms with van der Waals surface area (Å²) in [7, 11) is 0. The van der Waals surface area contributed by atoms with Crippen molar-refractivity contribution >= 4 is 5.69 Å². The van der Waals surface area contributed by atoms with Crippen LogP contribution in [0, 0.1) is 10.1 Å². The second kappa shape index (κ2) is 7.61. The van der Waals surface area contributed by atoms with Gasteiger partial charge in [0.2, 0.25) is 0 Å². The first-order valence-corrected chi connectivity index (χ1v) is 6.76. The highest BCUT2D eigenvalue weighted by molar-refractivity contribution is 5.55. The van der Waals surface area contributed by atoms with Crippen LogP contribution >= 0.6 is 0 Å². The average molecular weight is 267 g/mol. The Hall–Kier alpha value is -1.78. The average Bonchev–Trinajstić information content (AvgIpc) is 2.38. The summed E-state index contributed by atoms with van der Waals surface area (Å²) in [5.74, 6) is -0.658.